The van der Waals surface area contributed by atoms with Crippen LogP contribution in [0, 0.1) is 0 Å². The van der Waals surface area contributed by atoms with Crippen molar-refractivity contribution in [2.24, 2.45) is 0 Å². The van der Waals surface area contributed by atoms with Crippen molar-refractivity contribution in [2.75, 3.05) is 24.7 Å². The SMILES string of the molecule is CCOC(=O)CNC(=O)Nc1nc2nc(S(C)(=O)=O)ncc2cc1-c1c(Cl)cccc1Cl. The Labute approximate surface area is 193 Å². The number of aromatic nitrogens is 3. The lowest BCUT2D eigenvalue weighted by Gasteiger charge is -2.14. The first-order valence-corrected chi connectivity index (χ1v) is 11.8. The maximum atomic E-state index is 12.4. The summed E-state index contributed by atoms with van der Waals surface area (Å²) in [5.41, 5.74) is 0.751. The highest BCUT2D eigenvalue weighted by Crippen LogP contribution is 2.39. The number of benzene rings is 1. The number of urea groups is 1. The lowest BCUT2D eigenvalue weighted by atomic mass is 10.0. The molecule has 0 aliphatic heterocycles. The van der Waals surface area contributed by atoms with Crippen molar-refractivity contribution >= 4 is 61.9 Å². The number of halogens is 2. The molecule has 10 nitrogen and oxygen atoms in total. The Morgan fingerprint density at radius 3 is 2.47 bits per heavy atom. The van der Waals surface area contributed by atoms with Crippen molar-refractivity contribution in [3.05, 3.63) is 40.5 Å². The zero-order chi connectivity index (χ0) is 23.5. The third-order valence-corrected chi connectivity index (χ3v) is 5.53. The molecule has 1 aromatic carbocycles. The second-order valence-electron chi connectivity index (χ2n) is 6.43. The molecule has 0 spiro atoms. The number of hydrogen-bond donors (Lipinski definition) is 2. The summed E-state index contributed by atoms with van der Waals surface area (Å²) in [6.45, 7) is 1.45. The molecule has 2 heterocycles. The van der Waals surface area contributed by atoms with Crippen LogP contribution in [0.15, 0.2) is 35.6 Å². The number of anilines is 1. The number of nitrogens with zero attached hydrogens (tertiary/aromatic N) is 3. The number of esters is 1. The predicted molar refractivity (Wildman–Crippen MR) is 120 cm³/mol. The predicted octanol–water partition coefficient (Wildman–Crippen LogP) is 3.09. The van der Waals surface area contributed by atoms with E-state index in [1.54, 1.807) is 31.2 Å². The van der Waals surface area contributed by atoms with Gasteiger partial charge in [-0.2, -0.15) is 4.98 Å². The molecular formula is C19H17Cl2N5O5S. The van der Waals surface area contributed by atoms with E-state index in [2.05, 4.69) is 25.6 Å². The quantitative estimate of drug-likeness (QED) is 0.390. The van der Waals surface area contributed by atoms with Gasteiger partial charge >= 0.3 is 12.0 Å². The minimum absolute atomic E-state index is 0.00740. The van der Waals surface area contributed by atoms with Gasteiger partial charge in [0.25, 0.3) is 0 Å². The standard InChI is InChI=1S/C19H17Cl2N5O5S/c1-3-31-14(27)9-22-18(28)25-17-11(15-12(20)5-4-6-13(15)21)7-10-8-23-19(32(2,29)30)26-16(10)24-17/h4-8H,3,9H2,1-2H3,(H2,22,23,24,25,26,28). The van der Waals surface area contributed by atoms with Crippen LogP contribution in [0.4, 0.5) is 10.6 Å². The van der Waals surface area contributed by atoms with Gasteiger partial charge in [0, 0.05) is 29.0 Å². The highest BCUT2D eigenvalue weighted by molar-refractivity contribution is 7.90. The van der Waals surface area contributed by atoms with Gasteiger partial charge in [0.05, 0.1) is 16.7 Å². The average Bonchev–Trinajstić information content (AvgIpc) is 2.71. The molecule has 2 aromatic heterocycles. The topological polar surface area (TPSA) is 140 Å². The van der Waals surface area contributed by atoms with Crippen LogP contribution >= 0.6 is 23.2 Å². The van der Waals surface area contributed by atoms with E-state index < -0.39 is 27.0 Å². The van der Waals surface area contributed by atoms with Crippen LogP contribution in [-0.4, -0.2) is 54.8 Å². The highest BCUT2D eigenvalue weighted by atomic mass is 35.5. The van der Waals surface area contributed by atoms with E-state index >= 15 is 0 Å². The average molecular weight is 498 g/mol. The molecule has 0 saturated carbocycles. The van der Waals surface area contributed by atoms with Crippen molar-refractivity contribution in [1.82, 2.24) is 20.3 Å². The fourth-order valence-corrected chi connectivity index (χ4v) is 3.78. The maximum absolute atomic E-state index is 12.4. The van der Waals surface area contributed by atoms with E-state index in [1.807, 2.05) is 0 Å². The number of amides is 2. The second kappa shape index (κ2) is 9.63. The summed E-state index contributed by atoms with van der Waals surface area (Å²) < 4.78 is 28.4. The number of pyridine rings is 1. The molecule has 0 atom stereocenters. The number of carbonyl (C=O) groups is 2. The smallest absolute Gasteiger partial charge is 0.325 e. The molecule has 32 heavy (non-hydrogen) atoms. The van der Waals surface area contributed by atoms with Crippen molar-refractivity contribution < 1.29 is 22.7 Å². The zero-order valence-corrected chi connectivity index (χ0v) is 19.2. The van der Waals surface area contributed by atoms with Crippen LogP contribution in [0.3, 0.4) is 0 Å². The second-order valence-corrected chi connectivity index (χ2v) is 9.16. The first kappa shape index (κ1) is 23.6. The van der Waals surface area contributed by atoms with Gasteiger partial charge in [-0.1, -0.05) is 29.3 Å². The van der Waals surface area contributed by atoms with Crippen LogP contribution in [0.25, 0.3) is 22.2 Å². The van der Waals surface area contributed by atoms with Gasteiger partial charge < -0.3 is 10.1 Å². The van der Waals surface area contributed by atoms with Crippen LogP contribution in [0.1, 0.15) is 6.92 Å². The van der Waals surface area contributed by atoms with Crippen LogP contribution in [0.2, 0.25) is 10.0 Å². The summed E-state index contributed by atoms with van der Waals surface area (Å²) in [6, 6.07) is 5.69. The van der Waals surface area contributed by atoms with Gasteiger partial charge in [-0.25, -0.2) is 23.2 Å². The van der Waals surface area contributed by atoms with Crippen LogP contribution < -0.4 is 10.6 Å². The first-order valence-electron chi connectivity index (χ1n) is 9.13. The summed E-state index contributed by atoms with van der Waals surface area (Å²) in [4.78, 5) is 36.0. The van der Waals surface area contributed by atoms with Crippen molar-refractivity contribution in [2.45, 2.75) is 12.1 Å². The number of fused-ring (bicyclic) bond motifs is 1. The number of carbonyl (C=O) groups excluding carboxylic acids is 2. The summed E-state index contributed by atoms with van der Waals surface area (Å²) in [6.07, 6.45) is 2.26. The van der Waals surface area contributed by atoms with Gasteiger partial charge in [-0.15, -0.1) is 0 Å². The van der Waals surface area contributed by atoms with E-state index in [9.17, 15) is 18.0 Å². The zero-order valence-electron chi connectivity index (χ0n) is 16.8. The summed E-state index contributed by atoms with van der Waals surface area (Å²) in [7, 11) is -3.69. The Bertz CT molecular complexity index is 1300. The third-order valence-electron chi connectivity index (χ3n) is 4.04. The molecule has 3 aromatic rings. The molecule has 0 saturated heterocycles. The fraction of sp³-hybridized carbons (Fsp3) is 0.211. The summed E-state index contributed by atoms with van der Waals surface area (Å²) in [5.74, 6) is -0.624. The molecular weight excluding hydrogens is 481 g/mol. The molecule has 2 N–H and O–H groups in total. The Morgan fingerprint density at radius 1 is 1.16 bits per heavy atom. The molecule has 0 fully saturated rings. The number of hydrogen-bond acceptors (Lipinski definition) is 8. The molecule has 2 amide bonds. The molecule has 0 bridgehead atoms. The Hall–Kier alpha value is -3.02. The lowest BCUT2D eigenvalue weighted by molar-refractivity contribution is -0.141. The minimum Gasteiger partial charge on any atom is -0.465 e. The van der Waals surface area contributed by atoms with Crippen LogP contribution in [0.5, 0.6) is 0 Å². The lowest BCUT2D eigenvalue weighted by Crippen LogP contribution is -2.34. The van der Waals surface area contributed by atoms with Crippen LogP contribution in [-0.2, 0) is 19.4 Å². The molecule has 3 rings (SSSR count). The molecule has 168 valence electrons. The number of rotatable bonds is 6. The van der Waals surface area contributed by atoms with E-state index in [4.69, 9.17) is 27.9 Å². The maximum Gasteiger partial charge on any atom is 0.325 e. The normalized spacial score (nSPS) is 11.2. The molecule has 0 aliphatic rings. The van der Waals surface area contributed by atoms with Gasteiger partial charge in [0.1, 0.15) is 12.4 Å². The molecule has 13 heteroatoms. The van der Waals surface area contributed by atoms with E-state index in [1.165, 1.54) is 6.20 Å². The minimum atomic E-state index is -3.69. The van der Waals surface area contributed by atoms with Gasteiger partial charge in [-0.3, -0.25) is 10.1 Å². The Kier molecular flexibility index (Phi) is 7.12. The van der Waals surface area contributed by atoms with Crippen molar-refractivity contribution in [3.8, 4) is 11.1 Å². The number of sulfone groups is 1. The Balaban J connectivity index is 2.09. The third kappa shape index (κ3) is 5.42. The summed E-state index contributed by atoms with van der Waals surface area (Å²) in [5, 5.41) is 5.42. The fourth-order valence-electron chi connectivity index (χ4n) is 2.68. The monoisotopic (exact) mass is 497 g/mol. The largest absolute Gasteiger partial charge is 0.465 e. The highest BCUT2D eigenvalue weighted by Gasteiger charge is 2.19. The molecule has 0 unspecified atom stereocenters. The number of nitrogens with one attached hydrogen (secondary N) is 2. The van der Waals surface area contributed by atoms with Crippen molar-refractivity contribution in [1.29, 1.82) is 0 Å². The van der Waals surface area contributed by atoms with Gasteiger partial charge in [0.2, 0.25) is 15.0 Å². The van der Waals surface area contributed by atoms with Crippen molar-refractivity contribution in [3.63, 3.8) is 0 Å². The Morgan fingerprint density at radius 2 is 1.84 bits per heavy atom. The summed E-state index contributed by atoms with van der Waals surface area (Å²) >= 11 is 12.7. The van der Waals surface area contributed by atoms with E-state index in [0.717, 1.165) is 6.26 Å². The molecule has 0 radical (unpaired) electrons. The van der Waals surface area contributed by atoms with E-state index in [-0.39, 0.29) is 24.6 Å². The first-order chi connectivity index (χ1) is 15.1. The van der Waals surface area contributed by atoms with E-state index in [0.29, 0.717) is 26.6 Å². The molecule has 0 aliphatic carbocycles. The van der Waals surface area contributed by atoms with Gasteiger partial charge in [-0.05, 0) is 25.1 Å². The number of ether oxygens (including phenoxy) is 1. The van der Waals surface area contributed by atoms with Gasteiger partial charge in [0.15, 0.2) is 5.65 Å².